The molecule has 0 spiro atoms. The molecule has 1 saturated heterocycles. The fraction of sp³-hybridized carbons (Fsp3) is 0.727. The maximum atomic E-state index is 6.62. The summed E-state index contributed by atoms with van der Waals surface area (Å²) in [5, 5.41) is 2.36. The van der Waals surface area contributed by atoms with Crippen LogP contribution in [0.3, 0.4) is 0 Å². The third-order valence-electron chi connectivity index (χ3n) is 6.21. The maximum absolute atomic E-state index is 6.62. The Morgan fingerprint density at radius 3 is 2.36 bits per heavy atom. The molecule has 2 aliphatic rings. The van der Waals surface area contributed by atoms with Gasteiger partial charge >= 0.3 is 0 Å². The highest BCUT2D eigenvalue weighted by atomic mass is 28.3. The summed E-state index contributed by atoms with van der Waals surface area (Å²) in [7, 11) is -1.13. The van der Waals surface area contributed by atoms with E-state index in [9.17, 15) is 0 Å². The molecule has 3 heteroatoms. The lowest BCUT2D eigenvalue weighted by molar-refractivity contribution is -0.168. The molecule has 2 fully saturated rings. The van der Waals surface area contributed by atoms with Crippen LogP contribution in [-0.4, -0.2) is 25.3 Å². The van der Waals surface area contributed by atoms with Crippen molar-refractivity contribution in [2.24, 2.45) is 17.3 Å². The van der Waals surface area contributed by atoms with Gasteiger partial charge in [0.25, 0.3) is 0 Å². The predicted octanol–water partition coefficient (Wildman–Crippen LogP) is 5.97. The molecule has 25 heavy (non-hydrogen) atoms. The SMILES string of the molecule is CC(C)(C)[C@H]1CC[C@H]2[C@@H](C1)N(Cc1ccccc1)O[C@@H]2C[Si](C)(C)C. The van der Waals surface area contributed by atoms with E-state index in [0.29, 0.717) is 17.6 Å². The first-order valence-corrected chi connectivity index (χ1v) is 13.8. The first-order valence-electron chi connectivity index (χ1n) is 10.1. The molecule has 4 atom stereocenters. The van der Waals surface area contributed by atoms with Crippen LogP contribution in [0.2, 0.25) is 25.7 Å². The molecule has 0 N–H and O–H groups in total. The predicted molar refractivity (Wildman–Crippen MR) is 109 cm³/mol. The average molecular weight is 360 g/mol. The van der Waals surface area contributed by atoms with Crippen molar-refractivity contribution in [3.63, 3.8) is 0 Å². The molecular formula is C22H37NOSi. The van der Waals surface area contributed by atoms with Gasteiger partial charge in [-0.05, 0) is 42.2 Å². The summed E-state index contributed by atoms with van der Waals surface area (Å²) >= 11 is 0. The van der Waals surface area contributed by atoms with Crippen molar-refractivity contribution in [2.75, 3.05) is 0 Å². The van der Waals surface area contributed by atoms with Gasteiger partial charge in [0.2, 0.25) is 0 Å². The fourth-order valence-corrected chi connectivity index (χ4v) is 6.35. The van der Waals surface area contributed by atoms with Crippen molar-refractivity contribution in [2.45, 2.75) is 84.4 Å². The van der Waals surface area contributed by atoms with Gasteiger partial charge in [0.15, 0.2) is 0 Å². The van der Waals surface area contributed by atoms with E-state index >= 15 is 0 Å². The van der Waals surface area contributed by atoms with Crippen LogP contribution in [0, 0.1) is 17.3 Å². The topological polar surface area (TPSA) is 12.5 Å². The zero-order chi connectivity index (χ0) is 18.2. The lowest BCUT2D eigenvalue weighted by atomic mass is 9.67. The Hall–Kier alpha value is -0.643. The number of benzene rings is 1. The third kappa shape index (κ3) is 4.75. The number of hydroxylamine groups is 2. The lowest BCUT2D eigenvalue weighted by Crippen LogP contribution is -2.41. The summed E-state index contributed by atoms with van der Waals surface area (Å²) < 4.78 is 0. The Kier molecular flexibility index (Phi) is 5.48. The van der Waals surface area contributed by atoms with Crippen LogP contribution in [-0.2, 0) is 11.4 Å². The van der Waals surface area contributed by atoms with Crippen LogP contribution < -0.4 is 0 Å². The van der Waals surface area contributed by atoms with Crippen LogP contribution in [0.5, 0.6) is 0 Å². The molecule has 1 saturated carbocycles. The molecule has 1 aromatic carbocycles. The summed E-state index contributed by atoms with van der Waals surface area (Å²) in [5.74, 6) is 1.54. The molecule has 0 aromatic heterocycles. The molecular weight excluding hydrogens is 322 g/mol. The second kappa shape index (κ2) is 7.17. The zero-order valence-electron chi connectivity index (χ0n) is 17.1. The van der Waals surface area contributed by atoms with Crippen LogP contribution in [0.15, 0.2) is 30.3 Å². The summed E-state index contributed by atoms with van der Waals surface area (Å²) in [4.78, 5) is 6.62. The van der Waals surface area contributed by atoms with Crippen molar-refractivity contribution < 1.29 is 4.84 Å². The van der Waals surface area contributed by atoms with Gasteiger partial charge in [0, 0.05) is 26.6 Å². The van der Waals surface area contributed by atoms with Crippen molar-refractivity contribution in [3.05, 3.63) is 35.9 Å². The number of rotatable bonds is 4. The number of hydrogen-bond donors (Lipinski definition) is 0. The molecule has 140 valence electrons. The molecule has 0 unspecified atom stereocenters. The number of nitrogens with zero attached hydrogens (tertiary/aromatic N) is 1. The maximum Gasteiger partial charge on any atom is 0.0814 e. The van der Waals surface area contributed by atoms with Gasteiger partial charge in [0.1, 0.15) is 0 Å². The Bertz CT molecular complexity index is 560. The highest BCUT2D eigenvalue weighted by Crippen LogP contribution is 2.47. The second-order valence-electron chi connectivity index (χ2n) is 10.6. The smallest absolute Gasteiger partial charge is 0.0814 e. The Morgan fingerprint density at radius 2 is 1.76 bits per heavy atom. The minimum Gasteiger partial charge on any atom is -0.295 e. The van der Waals surface area contributed by atoms with E-state index < -0.39 is 8.07 Å². The quantitative estimate of drug-likeness (QED) is 0.614. The van der Waals surface area contributed by atoms with Crippen molar-refractivity contribution in [1.29, 1.82) is 0 Å². The number of hydrogen-bond acceptors (Lipinski definition) is 2. The molecule has 1 heterocycles. The monoisotopic (exact) mass is 359 g/mol. The van der Waals surface area contributed by atoms with E-state index in [1.54, 1.807) is 0 Å². The van der Waals surface area contributed by atoms with Gasteiger partial charge in [-0.25, -0.2) is 0 Å². The minimum atomic E-state index is -1.13. The minimum absolute atomic E-state index is 0.403. The average Bonchev–Trinajstić information content (AvgIpc) is 2.83. The van der Waals surface area contributed by atoms with Crippen molar-refractivity contribution in [3.8, 4) is 0 Å². The van der Waals surface area contributed by atoms with E-state index in [4.69, 9.17) is 4.84 Å². The normalized spacial score (nSPS) is 31.1. The van der Waals surface area contributed by atoms with Gasteiger partial charge in [-0.3, -0.25) is 4.84 Å². The molecule has 0 bridgehead atoms. The highest BCUT2D eigenvalue weighted by molar-refractivity contribution is 6.76. The van der Waals surface area contributed by atoms with E-state index in [1.807, 2.05) is 0 Å². The van der Waals surface area contributed by atoms with Crippen molar-refractivity contribution >= 4 is 8.07 Å². The standard InChI is InChI=1S/C22H37NOSi/c1-22(2,3)18-12-13-19-20(14-18)23(15-17-10-8-7-9-11-17)24-21(19)16-25(4,5)6/h7-11,18-21H,12-16H2,1-6H3/t18-,19-,20+,21+/m0/s1. The third-order valence-corrected chi connectivity index (χ3v) is 7.83. The second-order valence-corrected chi connectivity index (χ2v) is 16.1. The fourth-order valence-electron chi connectivity index (χ4n) is 4.76. The van der Waals surface area contributed by atoms with E-state index in [2.05, 4.69) is 75.8 Å². The van der Waals surface area contributed by atoms with Gasteiger partial charge in [0.05, 0.1) is 6.10 Å². The number of fused-ring (bicyclic) bond motifs is 1. The molecule has 0 radical (unpaired) electrons. The van der Waals surface area contributed by atoms with E-state index in [0.717, 1.165) is 18.4 Å². The molecule has 1 aliphatic heterocycles. The van der Waals surface area contributed by atoms with Crippen LogP contribution in [0.25, 0.3) is 0 Å². The molecule has 2 nitrogen and oxygen atoms in total. The largest absolute Gasteiger partial charge is 0.295 e. The first-order chi connectivity index (χ1) is 11.6. The Morgan fingerprint density at radius 1 is 1.08 bits per heavy atom. The summed E-state index contributed by atoms with van der Waals surface area (Å²) in [6.07, 6.45) is 4.45. The first kappa shape index (κ1) is 19.1. The zero-order valence-corrected chi connectivity index (χ0v) is 18.1. The Balaban J connectivity index is 1.78. The lowest BCUT2D eigenvalue weighted by Gasteiger charge is -2.41. The van der Waals surface area contributed by atoms with Gasteiger partial charge in [-0.2, -0.15) is 5.06 Å². The van der Waals surface area contributed by atoms with Gasteiger partial charge in [-0.15, -0.1) is 0 Å². The van der Waals surface area contributed by atoms with Crippen LogP contribution in [0.4, 0.5) is 0 Å². The molecule has 1 aliphatic carbocycles. The van der Waals surface area contributed by atoms with Crippen LogP contribution >= 0.6 is 0 Å². The van der Waals surface area contributed by atoms with E-state index in [1.165, 1.54) is 30.9 Å². The van der Waals surface area contributed by atoms with Crippen LogP contribution in [0.1, 0.15) is 45.6 Å². The highest BCUT2D eigenvalue weighted by Gasteiger charge is 2.48. The Labute approximate surface area is 155 Å². The van der Waals surface area contributed by atoms with E-state index in [-0.39, 0.29) is 0 Å². The van der Waals surface area contributed by atoms with Gasteiger partial charge < -0.3 is 0 Å². The molecule has 0 amide bonds. The summed E-state index contributed by atoms with van der Waals surface area (Å²) in [6.45, 7) is 15.6. The molecule has 1 aromatic rings. The summed E-state index contributed by atoms with van der Waals surface area (Å²) in [6, 6.07) is 12.7. The van der Waals surface area contributed by atoms with Crippen molar-refractivity contribution in [1.82, 2.24) is 5.06 Å². The van der Waals surface area contributed by atoms with Gasteiger partial charge in [-0.1, -0.05) is 70.7 Å². The summed E-state index contributed by atoms with van der Waals surface area (Å²) in [5.41, 5.74) is 1.77. The molecule has 3 rings (SSSR count).